The van der Waals surface area contributed by atoms with Crippen LogP contribution in [-0.4, -0.2) is 80.8 Å². The van der Waals surface area contributed by atoms with Gasteiger partial charge in [0.1, 0.15) is 5.75 Å². The fourth-order valence-electron chi connectivity index (χ4n) is 5.58. The molecular weight excluding hydrogens is 661 g/mol. The van der Waals surface area contributed by atoms with Crippen molar-refractivity contribution in [1.29, 1.82) is 0 Å². The first kappa shape index (κ1) is 37.0. The number of benzene rings is 3. The summed E-state index contributed by atoms with van der Waals surface area (Å²) < 4.78 is 41.5. The number of nitrogens with zero attached hydrogens (tertiary/aromatic N) is 2. The smallest absolute Gasteiger partial charge is 0.261 e. The third-order valence-corrected chi connectivity index (χ3v) is 10.4. The van der Waals surface area contributed by atoms with E-state index in [0.29, 0.717) is 42.0 Å². The van der Waals surface area contributed by atoms with Gasteiger partial charge in [-0.05, 0) is 88.2 Å². The number of ether oxygens (including phenoxy) is 2. The molecule has 1 amide bonds. The largest absolute Gasteiger partial charge is 0.490 e. The number of nitrogens with one attached hydrogen (secondary N) is 1. The van der Waals surface area contributed by atoms with E-state index >= 15 is 0 Å². The second-order valence-electron chi connectivity index (χ2n) is 12.4. The van der Waals surface area contributed by atoms with Crippen molar-refractivity contribution in [3.63, 3.8) is 0 Å². The molecule has 47 heavy (non-hydrogen) atoms. The van der Waals surface area contributed by atoms with Gasteiger partial charge < -0.3 is 19.5 Å². The number of carbonyl (C=O) groups is 1. The van der Waals surface area contributed by atoms with Crippen LogP contribution in [0.4, 0.5) is 5.69 Å². The average Bonchev–Trinajstić information content (AvgIpc) is 3.04. The molecule has 0 bridgehead atoms. The molecule has 0 saturated carbocycles. The number of likely N-dealkylation sites (N-methyl/N-ethyl adjacent to an activating group) is 1. The lowest BCUT2D eigenvalue weighted by molar-refractivity contribution is -0.0177. The molecule has 0 aromatic heterocycles. The molecule has 3 aromatic rings. The number of rotatable bonds is 9. The molecule has 1 heterocycles. The Bertz CT molecular complexity index is 1590. The number of carbonyl (C=O) groups excluding carboxylic acids is 1. The molecule has 0 fully saturated rings. The molecule has 0 radical (unpaired) electrons. The van der Waals surface area contributed by atoms with Gasteiger partial charge in [-0.15, -0.1) is 0 Å². The van der Waals surface area contributed by atoms with Crippen LogP contribution in [0.2, 0.25) is 10.0 Å². The summed E-state index contributed by atoms with van der Waals surface area (Å²) in [5.41, 5.74) is 1.46. The van der Waals surface area contributed by atoms with Crippen molar-refractivity contribution in [2.75, 3.05) is 38.1 Å². The maximum absolute atomic E-state index is 14.4. The van der Waals surface area contributed by atoms with Crippen LogP contribution in [0.1, 0.15) is 56.0 Å². The molecule has 0 unspecified atom stereocenters. The maximum Gasteiger partial charge on any atom is 0.261 e. The first-order chi connectivity index (χ1) is 22.4. The molecule has 0 saturated heterocycles. The van der Waals surface area contributed by atoms with Crippen molar-refractivity contribution in [1.82, 2.24) is 9.80 Å². The van der Waals surface area contributed by atoms with E-state index in [1.54, 1.807) is 48.2 Å². The number of aliphatic hydroxyl groups is 1. The van der Waals surface area contributed by atoms with Gasteiger partial charge in [0.2, 0.25) is 0 Å². The van der Waals surface area contributed by atoms with E-state index in [1.165, 1.54) is 18.2 Å². The van der Waals surface area contributed by atoms with Crippen molar-refractivity contribution in [3.05, 3.63) is 87.9 Å². The van der Waals surface area contributed by atoms with E-state index < -0.39 is 16.1 Å². The zero-order chi connectivity index (χ0) is 34.1. The van der Waals surface area contributed by atoms with E-state index in [1.807, 2.05) is 33.0 Å². The summed E-state index contributed by atoms with van der Waals surface area (Å²) in [6.45, 7) is 7.59. The third-order valence-electron chi connectivity index (χ3n) is 8.29. The fraction of sp³-hybridized carbons (Fsp3) is 0.457. The standard InChI is InChI=1S/C35H45Cl2N3O6S/c1-24-20-40(25(2)23-41)35(42)30-19-28(38-47(43,44)29-11-6-5-7-12-29)14-16-33(30)46-26(3)10-8-9-17-45-34(24)22-39(4)21-27-13-15-31(36)32(37)18-27/h5-7,11-16,18-19,24-26,34,38,41H,8-10,17,20-23H2,1-4H3/t24-,25+,26-,34-/m1/s1. The number of fused-ring (bicyclic) bond motifs is 1. The maximum atomic E-state index is 14.4. The Morgan fingerprint density at radius 1 is 1.04 bits per heavy atom. The molecule has 256 valence electrons. The molecule has 0 spiro atoms. The molecular formula is C35H45Cl2N3O6S. The lowest BCUT2D eigenvalue weighted by Gasteiger charge is -2.36. The summed E-state index contributed by atoms with van der Waals surface area (Å²) in [6, 6.07) is 17.8. The van der Waals surface area contributed by atoms with Gasteiger partial charge in [-0.2, -0.15) is 0 Å². The normalized spacial score (nSPS) is 20.6. The fourth-order valence-corrected chi connectivity index (χ4v) is 6.98. The Hall–Kier alpha value is -2.86. The summed E-state index contributed by atoms with van der Waals surface area (Å²) in [7, 11) is -1.89. The van der Waals surface area contributed by atoms with Gasteiger partial charge in [-0.3, -0.25) is 14.4 Å². The van der Waals surface area contributed by atoms with Crippen LogP contribution < -0.4 is 9.46 Å². The summed E-state index contributed by atoms with van der Waals surface area (Å²) in [5, 5.41) is 11.2. The van der Waals surface area contributed by atoms with Crippen LogP contribution in [0.3, 0.4) is 0 Å². The van der Waals surface area contributed by atoms with Crippen LogP contribution in [0, 0.1) is 5.92 Å². The molecule has 0 aliphatic carbocycles. The van der Waals surface area contributed by atoms with Crippen molar-refractivity contribution in [3.8, 4) is 5.75 Å². The van der Waals surface area contributed by atoms with Crippen LogP contribution >= 0.6 is 23.2 Å². The minimum Gasteiger partial charge on any atom is -0.490 e. The summed E-state index contributed by atoms with van der Waals surface area (Å²) in [5.74, 6) is -0.129. The van der Waals surface area contributed by atoms with Gasteiger partial charge in [-0.25, -0.2) is 8.42 Å². The molecule has 4 rings (SSSR count). The predicted octanol–water partition coefficient (Wildman–Crippen LogP) is 6.72. The second-order valence-corrected chi connectivity index (χ2v) is 14.9. The van der Waals surface area contributed by atoms with Crippen LogP contribution in [-0.2, 0) is 21.3 Å². The number of hydrogen-bond donors (Lipinski definition) is 2. The van der Waals surface area contributed by atoms with Gasteiger partial charge in [0, 0.05) is 37.8 Å². The highest BCUT2D eigenvalue weighted by molar-refractivity contribution is 7.92. The Morgan fingerprint density at radius 3 is 2.49 bits per heavy atom. The molecule has 1 aliphatic rings. The lowest BCUT2D eigenvalue weighted by atomic mass is 10.0. The predicted molar refractivity (Wildman–Crippen MR) is 187 cm³/mol. The second kappa shape index (κ2) is 17.0. The number of amides is 1. The monoisotopic (exact) mass is 705 g/mol. The quantitative estimate of drug-likeness (QED) is 0.254. The molecule has 1 aliphatic heterocycles. The van der Waals surface area contributed by atoms with Gasteiger partial charge >= 0.3 is 0 Å². The van der Waals surface area contributed by atoms with Gasteiger partial charge in [0.15, 0.2) is 0 Å². The zero-order valence-corrected chi connectivity index (χ0v) is 29.7. The Labute approximate surface area is 288 Å². The summed E-state index contributed by atoms with van der Waals surface area (Å²) in [6.07, 6.45) is 2.04. The summed E-state index contributed by atoms with van der Waals surface area (Å²) in [4.78, 5) is 18.2. The number of aliphatic hydroxyl groups excluding tert-OH is 1. The Morgan fingerprint density at radius 2 is 1.79 bits per heavy atom. The highest BCUT2D eigenvalue weighted by Gasteiger charge is 2.30. The minimum atomic E-state index is -3.90. The van der Waals surface area contributed by atoms with Gasteiger partial charge in [0.05, 0.1) is 45.4 Å². The number of hydrogen-bond acceptors (Lipinski definition) is 7. The van der Waals surface area contributed by atoms with Crippen LogP contribution in [0.15, 0.2) is 71.6 Å². The van der Waals surface area contributed by atoms with Crippen molar-refractivity contribution in [2.45, 2.75) is 69.7 Å². The highest BCUT2D eigenvalue weighted by Crippen LogP contribution is 2.30. The third kappa shape index (κ3) is 10.3. The molecule has 12 heteroatoms. The minimum absolute atomic E-state index is 0.107. The highest BCUT2D eigenvalue weighted by atomic mass is 35.5. The first-order valence-electron chi connectivity index (χ1n) is 15.9. The summed E-state index contributed by atoms with van der Waals surface area (Å²) >= 11 is 12.4. The number of halogens is 2. The molecule has 2 N–H and O–H groups in total. The SMILES string of the molecule is C[C@@H]1CCCCO[C@H](CN(C)Cc2ccc(Cl)c(Cl)c2)[C@H](C)CN([C@@H](C)CO)C(=O)c2cc(NS(=O)(=O)c3ccccc3)ccc2O1. The van der Waals surface area contributed by atoms with E-state index in [4.69, 9.17) is 32.7 Å². The first-order valence-corrected chi connectivity index (χ1v) is 18.2. The van der Waals surface area contributed by atoms with E-state index in [-0.39, 0.29) is 46.8 Å². The Balaban J connectivity index is 1.63. The van der Waals surface area contributed by atoms with Crippen molar-refractivity contribution >= 4 is 44.8 Å². The topological polar surface area (TPSA) is 108 Å². The molecule has 9 nitrogen and oxygen atoms in total. The van der Waals surface area contributed by atoms with Crippen LogP contribution in [0.25, 0.3) is 0 Å². The lowest BCUT2D eigenvalue weighted by Crippen LogP contribution is -2.47. The van der Waals surface area contributed by atoms with E-state index in [9.17, 15) is 18.3 Å². The van der Waals surface area contributed by atoms with Gasteiger partial charge in [0.25, 0.3) is 15.9 Å². The molecule has 3 aromatic carbocycles. The van der Waals surface area contributed by atoms with Crippen molar-refractivity contribution in [2.24, 2.45) is 5.92 Å². The van der Waals surface area contributed by atoms with Gasteiger partial charge in [-0.1, -0.05) is 54.4 Å². The van der Waals surface area contributed by atoms with E-state index in [2.05, 4.69) is 9.62 Å². The van der Waals surface area contributed by atoms with Crippen LogP contribution in [0.5, 0.6) is 5.75 Å². The average molecular weight is 707 g/mol. The molecule has 4 atom stereocenters. The van der Waals surface area contributed by atoms with Crippen molar-refractivity contribution < 1.29 is 27.8 Å². The van der Waals surface area contributed by atoms with E-state index in [0.717, 1.165) is 24.8 Å². The number of sulfonamides is 1. The Kier molecular flexibility index (Phi) is 13.4. The zero-order valence-electron chi connectivity index (χ0n) is 27.4. The number of anilines is 1.